The molecule has 1 aliphatic carbocycles. The Balaban J connectivity index is 2.15. The molecule has 0 aromatic heterocycles. The standard InChI is InChI=1S/C15H27NS/c1-3-5-7-10-14(16-4-2)13-17-15-11-8-6-9-12-15/h1,14-16H,4-13H2,2H3. The Labute approximate surface area is 112 Å². The zero-order valence-corrected chi connectivity index (χ0v) is 12.0. The van der Waals surface area contributed by atoms with Gasteiger partial charge in [0.15, 0.2) is 0 Å². The molecule has 0 spiro atoms. The summed E-state index contributed by atoms with van der Waals surface area (Å²) in [5.74, 6) is 4.00. The van der Waals surface area contributed by atoms with Gasteiger partial charge in [0, 0.05) is 23.5 Å². The molecule has 1 nitrogen and oxygen atoms in total. The van der Waals surface area contributed by atoms with Crippen LogP contribution in [0.1, 0.15) is 58.3 Å². The van der Waals surface area contributed by atoms with Crippen molar-refractivity contribution >= 4 is 11.8 Å². The van der Waals surface area contributed by atoms with E-state index in [0.29, 0.717) is 6.04 Å². The number of hydrogen-bond acceptors (Lipinski definition) is 2. The number of terminal acetylenes is 1. The van der Waals surface area contributed by atoms with Gasteiger partial charge in [-0.25, -0.2) is 0 Å². The lowest BCUT2D eigenvalue weighted by molar-refractivity contribution is 0.505. The monoisotopic (exact) mass is 253 g/mol. The average Bonchev–Trinajstić information content (AvgIpc) is 2.37. The summed E-state index contributed by atoms with van der Waals surface area (Å²) in [5.41, 5.74) is 0. The van der Waals surface area contributed by atoms with Crippen molar-refractivity contribution in [3.63, 3.8) is 0 Å². The minimum absolute atomic E-state index is 0.667. The quantitative estimate of drug-likeness (QED) is 0.521. The van der Waals surface area contributed by atoms with Crippen molar-refractivity contribution in [1.29, 1.82) is 0 Å². The van der Waals surface area contributed by atoms with E-state index >= 15 is 0 Å². The summed E-state index contributed by atoms with van der Waals surface area (Å²) in [7, 11) is 0. The lowest BCUT2D eigenvalue weighted by atomic mass is 10.0. The van der Waals surface area contributed by atoms with Gasteiger partial charge in [0.2, 0.25) is 0 Å². The van der Waals surface area contributed by atoms with Crippen LogP contribution in [0.15, 0.2) is 0 Å². The molecule has 98 valence electrons. The summed E-state index contributed by atoms with van der Waals surface area (Å²) in [6, 6.07) is 0.667. The summed E-state index contributed by atoms with van der Waals surface area (Å²) in [6.45, 7) is 3.27. The van der Waals surface area contributed by atoms with Crippen LogP contribution in [0.2, 0.25) is 0 Å². The van der Waals surface area contributed by atoms with Gasteiger partial charge >= 0.3 is 0 Å². The van der Waals surface area contributed by atoms with Gasteiger partial charge in [-0.05, 0) is 32.2 Å². The first kappa shape index (κ1) is 14.9. The Morgan fingerprint density at radius 1 is 1.35 bits per heavy atom. The van der Waals surface area contributed by atoms with Gasteiger partial charge in [-0.3, -0.25) is 0 Å². The van der Waals surface area contributed by atoms with Crippen LogP contribution in [-0.4, -0.2) is 23.6 Å². The smallest absolute Gasteiger partial charge is 0.0158 e. The summed E-state index contributed by atoms with van der Waals surface area (Å²) in [4.78, 5) is 0. The zero-order valence-electron chi connectivity index (χ0n) is 11.2. The van der Waals surface area contributed by atoms with Crippen LogP contribution in [0, 0.1) is 12.3 Å². The number of rotatable bonds is 8. The van der Waals surface area contributed by atoms with Crippen LogP contribution in [0.5, 0.6) is 0 Å². The summed E-state index contributed by atoms with van der Waals surface area (Å²) in [5, 5.41) is 4.52. The molecule has 0 bridgehead atoms. The topological polar surface area (TPSA) is 12.0 Å². The fourth-order valence-electron chi connectivity index (χ4n) is 2.47. The van der Waals surface area contributed by atoms with E-state index in [4.69, 9.17) is 6.42 Å². The third-order valence-electron chi connectivity index (χ3n) is 3.45. The van der Waals surface area contributed by atoms with Crippen molar-refractivity contribution in [2.24, 2.45) is 0 Å². The van der Waals surface area contributed by atoms with Crippen LogP contribution in [0.25, 0.3) is 0 Å². The number of hydrogen-bond donors (Lipinski definition) is 1. The van der Waals surface area contributed by atoms with Crippen molar-refractivity contribution in [1.82, 2.24) is 5.32 Å². The Morgan fingerprint density at radius 3 is 2.76 bits per heavy atom. The second-order valence-corrected chi connectivity index (χ2v) is 6.28. The highest BCUT2D eigenvalue weighted by molar-refractivity contribution is 7.99. The van der Waals surface area contributed by atoms with Crippen LogP contribution in [-0.2, 0) is 0 Å². The van der Waals surface area contributed by atoms with Crippen molar-refractivity contribution in [2.45, 2.75) is 69.6 Å². The summed E-state index contributed by atoms with van der Waals surface area (Å²) < 4.78 is 0. The Bertz CT molecular complexity index is 215. The minimum atomic E-state index is 0.667. The van der Waals surface area contributed by atoms with E-state index < -0.39 is 0 Å². The maximum Gasteiger partial charge on any atom is 0.0158 e. The fraction of sp³-hybridized carbons (Fsp3) is 0.867. The third-order valence-corrected chi connectivity index (χ3v) is 4.99. The van der Waals surface area contributed by atoms with E-state index in [2.05, 4.69) is 29.9 Å². The molecule has 1 saturated carbocycles. The lowest BCUT2D eigenvalue weighted by Crippen LogP contribution is -2.32. The van der Waals surface area contributed by atoms with E-state index in [1.54, 1.807) is 0 Å². The van der Waals surface area contributed by atoms with Gasteiger partial charge in [0.05, 0.1) is 0 Å². The molecule has 1 atom stereocenters. The molecular weight excluding hydrogens is 226 g/mol. The van der Waals surface area contributed by atoms with Crippen molar-refractivity contribution in [2.75, 3.05) is 12.3 Å². The molecule has 1 N–H and O–H groups in total. The molecule has 0 aromatic rings. The molecule has 17 heavy (non-hydrogen) atoms. The Hall–Kier alpha value is -0.130. The maximum absolute atomic E-state index is 5.30. The predicted octanol–water partition coefficient (Wildman–Crippen LogP) is 3.83. The fourth-order valence-corrected chi connectivity index (χ4v) is 3.92. The number of nitrogens with one attached hydrogen (secondary N) is 1. The molecule has 0 amide bonds. The van der Waals surface area contributed by atoms with Gasteiger partial charge in [-0.1, -0.05) is 26.2 Å². The van der Waals surface area contributed by atoms with Crippen molar-refractivity contribution < 1.29 is 0 Å². The highest BCUT2D eigenvalue weighted by atomic mass is 32.2. The van der Waals surface area contributed by atoms with E-state index in [1.165, 1.54) is 50.7 Å². The molecule has 0 radical (unpaired) electrons. The first-order valence-corrected chi connectivity index (χ1v) is 8.20. The SMILES string of the molecule is C#CCCCC(CSC1CCCCC1)NCC. The molecular formula is C15H27NS. The molecule has 1 aliphatic rings. The highest BCUT2D eigenvalue weighted by Crippen LogP contribution is 2.28. The second-order valence-electron chi connectivity index (χ2n) is 4.94. The van der Waals surface area contributed by atoms with Gasteiger partial charge in [0.25, 0.3) is 0 Å². The summed E-state index contributed by atoms with van der Waals surface area (Å²) in [6.07, 6.45) is 15.9. The van der Waals surface area contributed by atoms with Gasteiger partial charge in [0.1, 0.15) is 0 Å². The van der Waals surface area contributed by atoms with E-state index in [9.17, 15) is 0 Å². The number of thioether (sulfide) groups is 1. The largest absolute Gasteiger partial charge is 0.313 e. The molecule has 0 heterocycles. The Kier molecular flexibility index (Phi) is 8.65. The van der Waals surface area contributed by atoms with Gasteiger partial charge in [-0.15, -0.1) is 12.3 Å². The van der Waals surface area contributed by atoms with Crippen LogP contribution in [0.3, 0.4) is 0 Å². The van der Waals surface area contributed by atoms with Crippen LogP contribution >= 0.6 is 11.8 Å². The first-order valence-electron chi connectivity index (χ1n) is 7.15. The van der Waals surface area contributed by atoms with E-state index in [1.807, 2.05) is 0 Å². The minimum Gasteiger partial charge on any atom is -0.313 e. The third kappa shape index (κ3) is 7.01. The van der Waals surface area contributed by atoms with E-state index in [-0.39, 0.29) is 0 Å². The van der Waals surface area contributed by atoms with Crippen molar-refractivity contribution in [3.8, 4) is 12.3 Å². The second kappa shape index (κ2) is 9.85. The van der Waals surface area contributed by atoms with Gasteiger partial charge < -0.3 is 5.32 Å². The van der Waals surface area contributed by atoms with Crippen LogP contribution in [0.4, 0.5) is 0 Å². The molecule has 0 aromatic carbocycles. The molecule has 1 rings (SSSR count). The molecule has 0 aliphatic heterocycles. The molecule has 1 fully saturated rings. The highest BCUT2D eigenvalue weighted by Gasteiger charge is 2.16. The van der Waals surface area contributed by atoms with Crippen LogP contribution < -0.4 is 5.32 Å². The molecule has 0 saturated heterocycles. The zero-order chi connectivity index (χ0) is 12.3. The normalized spacial score (nSPS) is 18.8. The Morgan fingerprint density at radius 2 is 2.12 bits per heavy atom. The molecule has 2 heteroatoms. The molecule has 1 unspecified atom stereocenters. The maximum atomic E-state index is 5.30. The first-order chi connectivity index (χ1) is 8.36. The van der Waals surface area contributed by atoms with Gasteiger partial charge in [-0.2, -0.15) is 11.8 Å². The van der Waals surface area contributed by atoms with E-state index in [0.717, 1.165) is 18.2 Å². The lowest BCUT2D eigenvalue weighted by Gasteiger charge is -2.24. The summed E-state index contributed by atoms with van der Waals surface area (Å²) >= 11 is 2.19. The van der Waals surface area contributed by atoms with Crippen molar-refractivity contribution in [3.05, 3.63) is 0 Å². The average molecular weight is 253 g/mol. The number of unbranched alkanes of at least 4 members (excludes halogenated alkanes) is 1. The predicted molar refractivity (Wildman–Crippen MR) is 79.5 cm³/mol.